The van der Waals surface area contributed by atoms with Gasteiger partial charge in [0, 0.05) is 138 Å². The van der Waals surface area contributed by atoms with Crippen molar-refractivity contribution in [1.29, 1.82) is 0 Å². The lowest BCUT2D eigenvalue weighted by atomic mass is 9.86. The van der Waals surface area contributed by atoms with Gasteiger partial charge < -0.3 is 0 Å². The summed E-state index contributed by atoms with van der Waals surface area (Å²) in [4.78, 5) is 0. The highest BCUT2D eigenvalue weighted by molar-refractivity contribution is 6.43. The van der Waals surface area contributed by atoms with Crippen LogP contribution in [-0.2, 0) is 0 Å². The van der Waals surface area contributed by atoms with Crippen LogP contribution in [0, 0.1) is 213 Å². The maximum absolute atomic E-state index is 7.69. The van der Waals surface area contributed by atoms with Crippen molar-refractivity contribution in [2.24, 2.45) is 71.0 Å². The number of halogens is 6. The Balaban J connectivity index is 0.839. The fourth-order valence-electron chi connectivity index (χ4n) is 17.4. The van der Waals surface area contributed by atoms with Gasteiger partial charge in [0.2, 0.25) is 0 Å². The van der Waals surface area contributed by atoms with Crippen molar-refractivity contribution in [3.05, 3.63) is 276 Å². The molecule has 6 heteroatoms. The zero-order chi connectivity index (χ0) is 73.5. The van der Waals surface area contributed by atoms with Crippen molar-refractivity contribution in [2.45, 2.75) is 116 Å². The van der Waals surface area contributed by atoms with Gasteiger partial charge in [0.1, 0.15) is 0 Å². The summed E-state index contributed by atoms with van der Waals surface area (Å²) in [5.41, 5.74) is 13.7. The first-order chi connectivity index (χ1) is 53.1. The Labute approximate surface area is 669 Å². The summed E-state index contributed by atoms with van der Waals surface area (Å²) in [6, 6.07) is 0. The van der Waals surface area contributed by atoms with Crippen LogP contribution in [0.15, 0.2) is 213 Å². The molecule has 0 saturated heterocycles. The number of allylic oxidation sites excluding steroid dienone is 36. The van der Waals surface area contributed by atoms with Crippen LogP contribution < -0.4 is 0 Å². The van der Waals surface area contributed by atoms with Crippen molar-refractivity contribution >= 4 is 69.6 Å². The summed E-state index contributed by atoms with van der Waals surface area (Å²) in [7, 11) is 0. The third-order valence-electron chi connectivity index (χ3n) is 23.1. The Morgan fingerprint density at radius 1 is 0.204 bits per heavy atom. The van der Waals surface area contributed by atoms with Crippen LogP contribution in [0.2, 0.25) is 30.1 Å². The lowest BCUT2D eigenvalue weighted by Gasteiger charge is -2.17. The summed E-state index contributed by atoms with van der Waals surface area (Å²) in [5.74, 6) is 84.9. The van der Waals surface area contributed by atoms with Crippen LogP contribution >= 0.6 is 69.6 Å². The van der Waals surface area contributed by atoms with Gasteiger partial charge in [-0.15, -0.1) is 0 Å². The second kappa shape index (κ2) is 33.4. The van der Waals surface area contributed by atoms with Gasteiger partial charge in [-0.3, -0.25) is 0 Å². The van der Waals surface area contributed by atoms with Crippen LogP contribution in [0.1, 0.15) is 149 Å². The van der Waals surface area contributed by atoms with Gasteiger partial charge in [0.25, 0.3) is 0 Å². The third kappa shape index (κ3) is 15.2. The van der Waals surface area contributed by atoms with E-state index >= 15 is 0 Å². The summed E-state index contributed by atoms with van der Waals surface area (Å²) < 4.78 is 0. The molecule has 0 spiro atoms. The molecule has 12 atom stereocenters. The molecule has 0 aliphatic heterocycles. The summed E-state index contributed by atoms with van der Waals surface area (Å²) in [5, 5.41) is 1.62. The van der Waals surface area contributed by atoms with Crippen LogP contribution in [-0.4, -0.2) is 0 Å². The molecular weight excluding hydrogens is 1440 g/mol. The summed E-state index contributed by atoms with van der Waals surface area (Å²) in [6.07, 6.45) is 69.5. The molecule has 0 aromatic heterocycles. The van der Waals surface area contributed by atoms with Crippen LogP contribution in [0.3, 0.4) is 0 Å². The first kappa shape index (κ1) is 72.4. The molecule has 0 fully saturated rings. The molecule has 2 aromatic rings. The zero-order valence-corrected chi connectivity index (χ0v) is 64.3. The minimum atomic E-state index is -0.0488. The van der Waals surface area contributed by atoms with Crippen molar-refractivity contribution in [3.8, 4) is 142 Å². The lowest BCUT2D eigenvalue weighted by molar-refractivity contribution is 0.600. The average Bonchev–Trinajstić information content (AvgIpc) is 0.905. The molecule has 0 heterocycles. The molecule has 0 radical (unpaired) electrons. The Hall–Kier alpha value is -9.78. The van der Waals surface area contributed by atoms with Crippen molar-refractivity contribution in [2.75, 3.05) is 0 Å². The van der Waals surface area contributed by atoms with Crippen molar-refractivity contribution in [1.82, 2.24) is 0 Å². The Kier molecular flexibility index (Phi) is 22.4. The van der Waals surface area contributed by atoms with E-state index in [1.165, 1.54) is 0 Å². The fraction of sp³-hybridized carbons (Fsp3) is 0.294. The van der Waals surface area contributed by atoms with Gasteiger partial charge in [0.15, 0.2) is 0 Å². The van der Waals surface area contributed by atoms with Gasteiger partial charge in [0.05, 0.1) is 63.5 Å². The van der Waals surface area contributed by atoms with E-state index in [9.17, 15) is 0 Å². The normalized spacial score (nSPS) is 30.8. The molecular formula is C102H72Cl6. The highest BCUT2D eigenvalue weighted by Gasteiger charge is 2.33. The van der Waals surface area contributed by atoms with E-state index in [0.717, 1.165) is 182 Å². The Bertz CT molecular complexity index is 5140. The van der Waals surface area contributed by atoms with Crippen LogP contribution in [0.5, 0.6) is 0 Å². The molecule has 16 rings (SSSR count). The topological polar surface area (TPSA) is 0 Å². The third-order valence-corrected chi connectivity index (χ3v) is 25.4. The van der Waals surface area contributed by atoms with E-state index < -0.39 is 0 Å². The molecule has 0 saturated carbocycles. The molecule has 14 aliphatic rings. The minimum Gasteiger partial charge on any atom is -0.0815 e. The lowest BCUT2D eigenvalue weighted by Crippen LogP contribution is -2.06. The van der Waals surface area contributed by atoms with Crippen LogP contribution in [0.4, 0.5) is 0 Å². The molecule has 2 aromatic carbocycles. The van der Waals surface area contributed by atoms with Crippen molar-refractivity contribution < 1.29 is 0 Å². The zero-order valence-electron chi connectivity index (χ0n) is 59.8. The monoisotopic (exact) mass is 1510 g/mol. The van der Waals surface area contributed by atoms with E-state index in [-0.39, 0.29) is 101 Å². The van der Waals surface area contributed by atoms with E-state index in [0.29, 0.717) is 33.4 Å². The SMILES string of the molecule is Clc1c2c(Cl)c(c(Cl)c1C#CC1=C(C#CC#CC3=C(C#Cc4c(Cl)c5c(Cl)c(c4Cl)C#CC4=C(C#CC#CC6=C(C#C5)[C@@H]5/C=C\C=C/[C@H]6CCC5)[C@@H]5/C=C\C=C/[C@H]4CCC5)[C@@H]4/C=C\C=C/[C@H]3CCC4)[C@H]3/C=C\C=C/[C@@H]1CCC3)C#CC1=C(C#CC#CC3=C(C#C2)[C@@H]2/C=C\C=C/[C@H]3CCC2)[C@@H]2/C=C\C=C/[C@H]1CCC2. The maximum Gasteiger partial charge on any atom is 0.0750 e. The van der Waals surface area contributed by atoms with E-state index in [4.69, 9.17) is 69.6 Å². The van der Waals surface area contributed by atoms with Gasteiger partial charge >= 0.3 is 0 Å². The van der Waals surface area contributed by atoms with E-state index in [2.05, 4.69) is 288 Å². The number of fused-ring (bicyclic) bond motifs is 8. The van der Waals surface area contributed by atoms with Gasteiger partial charge in [-0.2, -0.15) is 0 Å². The second-order valence-corrected chi connectivity index (χ2v) is 31.8. The van der Waals surface area contributed by atoms with E-state index in [1.54, 1.807) is 0 Å². The second-order valence-electron chi connectivity index (χ2n) is 29.6. The molecule has 16 bridgehead atoms. The number of rotatable bonds is 0. The summed E-state index contributed by atoms with van der Waals surface area (Å²) in [6.45, 7) is 0. The standard InChI is InChI=1S/C102H72Cl6/c103-97-91-61-55-85-73-31-7-1-25-67(37-19-43-73)79(85)49-13-14-50-80-68-26-2-8-32-74(44-20-38-68)86(80)56-62-92(97)100(106)95(99(91)105)65-59-89-77-35-11-5-29-71(41-23-47-77)83(89)53-17-18-54-84-72-30-6-12-36-78(48-24-42-72)90(84)60-66-96-101(107)93-63-57-87-75-33-9-3-27-69(39-21-45-75)81(87)51-15-16-52-82-70-28-4-10-34-76(46-22-40-70)88(82)58-64-94(98(93)104)102(96)108/h1-12,25-36,67-78H,19-24,37-48H2/b25-1-,26-2-,27-3-,28-4-,29-5-,30-6-,31-7-,32-8-,33-9-,34-10-,35-11-,36-12-/t67-,68+,69-,70+,71-,72-,73+,74-,75+,76-,77+,78+/m0/s1. The van der Waals surface area contributed by atoms with Gasteiger partial charge in [-0.05, 0) is 113 Å². The molecule has 108 heavy (non-hydrogen) atoms. The highest BCUT2D eigenvalue weighted by atomic mass is 35.5. The molecule has 0 unspecified atom stereocenters. The van der Waals surface area contributed by atoms with Crippen LogP contribution in [0.25, 0.3) is 0 Å². The molecule has 14 aliphatic carbocycles. The molecule has 0 N–H and O–H groups in total. The van der Waals surface area contributed by atoms with Gasteiger partial charge in [-0.25, -0.2) is 0 Å². The number of hydrogen-bond acceptors (Lipinski definition) is 0. The molecule has 0 nitrogen and oxygen atoms in total. The first-order valence-electron chi connectivity index (χ1n) is 38.2. The largest absolute Gasteiger partial charge is 0.0815 e. The summed E-state index contributed by atoms with van der Waals surface area (Å²) >= 11 is 46.0. The van der Waals surface area contributed by atoms with E-state index in [1.807, 2.05) is 0 Å². The van der Waals surface area contributed by atoms with Crippen molar-refractivity contribution in [3.63, 3.8) is 0 Å². The predicted molar refractivity (Wildman–Crippen MR) is 448 cm³/mol. The Morgan fingerprint density at radius 3 is 0.611 bits per heavy atom. The number of benzene rings is 2. The quantitative estimate of drug-likeness (QED) is 0.231. The fourth-order valence-corrected chi connectivity index (χ4v) is 19.4. The maximum atomic E-state index is 7.69. The first-order valence-corrected chi connectivity index (χ1v) is 40.5. The average molecular weight is 1510 g/mol. The number of hydrogen-bond donors (Lipinski definition) is 0. The molecule has 0 amide bonds. The molecule has 522 valence electrons. The Morgan fingerprint density at radius 2 is 0.389 bits per heavy atom. The predicted octanol–water partition coefficient (Wildman–Crippen LogP) is 23.5. The minimum absolute atomic E-state index is 0.0280. The highest BCUT2D eigenvalue weighted by Crippen LogP contribution is 2.46. The smallest absolute Gasteiger partial charge is 0.0750 e. The van der Waals surface area contributed by atoms with Gasteiger partial charge in [-0.1, -0.05) is 361 Å².